The van der Waals surface area contributed by atoms with E-state index in [1.807, 2.05) is 11.9 Å². The first-order valence-corrected chi connectivity index (χ1v) is 7.17. The standard InChI is InChI=1S/C14H26N2O/c1-11-6-4-3-5-7-13(11)15-10-14(17)16(2)12-8-9-12/h11-13,15H,3-10H2,1-2H3. The summed E-state index contributed by atoms with van der Waals surface area (Å²) >= 11 is 0. The summed E-state index contributed by atoms with van der Waals surface area (Å²) in [6, 6.07) is 1.09. The van der Waals surface area contributed by atoms with Crippen LogP contribution in [0.4, 0.5) is 0 Å². The maximum absolute atomic E-state index is 11.9. The van der Waals surface area contributed by atoms with Crippen LogP contribution >= 0.6 is 0 Å². The van der Waals surface area contributed by atoms with E-state index in [2.05, 4.69) is 12.2 Å². The molecule has 1 amide bonds. The average molecular weight is 238 g/mol. The van der Waals surface area contributed by atoms with Gasteiger partial charge in [0.25, 0.3) is 0 Å². The van der Waals surface area contributed by atoms with E-state index in [4.69, 9.17) is 0 Å². The molecule has 0 radical (unpaired) electrons. The molecule has 2 rings (SSSR count). The molecule has 0 heterocycles. The van der Waals surface area contributed by atoms with Crippen LogP contribution in [0.25, 0.3) is 0 Å². The Kier molecular flexibility index (Phi) is 4.43. The molecule has 2 aliphatic carbocycles. The molecule has 98 valence electrons. The van der Waals surface area contributed by atoms with Gasteiger partial charge in [-0.25, -0.2) is 0 Å². The van der Waals surface area contributed by atoms with Gasteiger partial charge in [0.2, 0.25) is 5.91 Å². The van der Waals surface area contributed by atoms with Crippen molar-refractivity contribution in [2.45, 2.75) is 64.0 Å². The topological polar surface area (TPSA) is 32.3 Å². The fraction of sp³-hybridized carbons (Fsp3) is 0.929. The van der Waals surface area contributed by atoms with Crippen LogP contribution < -0.4 is 5.32 Å². The van der Waals surface area contributed by atoms with Crippen molar-refractivity contribution in [2.75, 3.05) is 13.6 Å². The number of carbonyl (C=O) groups is 1. The summed E-state index contributed by atoms with van der Waals surface area (Å²) < 4.78 is 0. The van der Waals surface area contributed by atoms with Gasteiger partial charge in [0.05, 0.1) is 6.54 Å². The highest BCUT2D eigenvalue weighted by Crippen LogP contribution is 2.25. The van der Waals surface area contributed by atoms with Crippen molar-refractivity contribution in [2.24, 2.45) is 5.92 Å². The summed E-state index contributed by atoms with van der Waals surface area (Å²) in [4.78, 5) is 13.8. The molecule has 2 unspecified atom stereocenters. The van der Waals surface area contributed by atoms with E-state index < -0.39 is 0 Å². The minimum absolute atomic E-state index is 0.268. The predicted molar refractivity (Wildman–Crippen MR) is 69.8 cm³/mol. The van der Waals surface area contributed by atoms with Crippen molar-refractivity contribution in [3.8, 4) is 0 Å². The number of amides is 1. The van der Waals surface area contributed by atoms with Gasteiger partial charge in [0.15, 0.2) is 0 Å². The molecule has 3 nitrogen and oxygen atoms in total. The van der Waals surface area contributed by atoms with Crippen molar-refractivity contribution in [1.29, 1.82) is 0 Å². The molecule has 0 bridgehead atoms. The highest BCUT2D eigenvalue weighted by atomic mass is 16.2. The third-order valence-electron chi connectivity index (χ3n) is 4.36. The lowest BCUT2D eigenvalue weighted by Crippen LogP contribution is -2.43. The number of carbonyl (C=O) groups excluding carboxylic acids is 1. The van der Waals surface area contributed by atoms with Crippen molar-refractivity contribution in [3.63, 3.8) is 0 Å². The van der Waals surface area contributed by atoms with Crippen LogP contribution in [0.1, 0.15) is 51.9 Å². The van der Waals surface area contributed by atoms with E-state index >= 15 is 0 Å². The Labute approximate surface area is 105 Å². The van der Waals surface area contributed by atoms with Crippen molar-refractivity contribution >= 4 is 5.91 Å². The van der Waals surface area contributed by atoms with Crippen LogP contribution in [-0.4, -0.2) is 36.5 Å². The Hall–Kier alpha value is -0.570. The summed E-state index contributed by atoms with van der Waals surface area (Å²) in [6.07, 6.45) is 8.97. The minimum Gasteiger partial charge on any atom is -0.342 e. The lowest BCUT2D eigenvalue weighted by molar-refractivity contribution is -0.129. The van der Waals surface area contributed by atoms with Gasteiger partial charge < -0.3 is 10.2 Å². The molecule has 0 saturated heterocycles. The van der Waals surface area contributed by atoms with Crippen LogP contribution in [0.15, 0.2) is 0 Å². The Balaban J connectivity index is 1.73. The van der Waals surface area contributed by atoms with Crippen LogP contribution in [0.2, 0.25) is 0 Å². The number of hydrogen-bond donors (Lipinski definition) is 1. The van der Waals surface area contributed by atoms with Crippen LogP contribution in [0.3, 0.4) is 0 Å². The fourth-order valence-electron chi connectivity index (χ4n) is 2.80. The van der Waals surface area contributed by atoms with Crippen LogP contribution in [0.5, 0.6) is 0 Å². The zero-order chi connectivity index (χ0) is 12.3. The highest BCUT2D eigenvalue weighted by Gasteiger charge is 2.29. The molecule has 3 heteroatoms. The van der Waals surface area contributed by atoms with Gasteiger partial charge in [-0.15, -0.1) is 0 Å². The predicted octanol–water partition coefficient (Wildman–Crippen LogP) is 2.17. The molecule has 2 fully saturated rings. The molecule has 0 aliphatic heterocycles. The van der Waals surface area contributed by atoms with Gasteiger partial charge in [-0.3, -0.25) is 4.79 Å². The summed E-state index contributed by atoms with van der Waals surface area (Å²) in [7, 11) is 1.94. The molecule has 1 N–H and O–H groups in total. The second-order valence-corrected chi connectivity index (χ2v) is 5.84. The SMILES string of the molecule is CC1CCCCCC1NCC(=O)N(C)C1CC1. The van der Waals surface area contributed by atoms with E-state index in [-0.39, 0.29) is 5.91 Å². The van der Waals surface area contributed by atoms with Crippen LogP contribution in [-0.2, 0) is 4.79 Å². The number of rotatable bonds is 4. The molecule has 2 aliphatic rings. The third-order valence-corrected chi connectivity index (χ3v) is 4.36. The van der Waals surface area contributed by atoms with Gasteiger partial charge in [-0.2, -0.15) is 0 Å². The van der Waals surface area contributed by atoms with Gasteiger partial charge in [0, 0.05) is 19.1 Å². The van der Waals surface area contributed by atoms with Crippen molar-refractivity contribution in [1.82, 2.24) is 10.2 Å². The van der Waals surface area contributed by atoms with Crippen LogP contribution in [0, 0.1) is 5.92 Å². The van der Waals surface area contributed by atoms with Crippen molar-refractivity contribution < 1.29 is 4.79 Å². The Morgan fingerprint density at radius 1 is 1.18 bits per heavy atom. The van der Waals surface area contributed by atoms with Gasteiger partial charge >= 0.3 is 0 Å². The average Bonchev–Trinajstić information content (AvgIpc) is 3.13. The van der Waals surface area contributed by atoms with Crippen molar-refractivity contribution in [3.05, 3.63) is 0 Å². The van der Waals surface area contributed by atoms with Gasteiger partial charge in [-0.05, 0) is 31.6 Å². The first-order chi connectivity index (χ1) is 8.18. The lowest BCUT2D eigenvalue weighted by Gasteiger charge is -2.24. The Morgan fingerprint density at radius 2 is 1.88 bits per heavy atom. The molecule has 0 aromatic rings. The molecule has 17 heavy (non-hydrogen) atoms. The summed E-state index contributed by atoms with van der Waals surface area (Å²) in [5.41, 5.74) is 0. The molecular formula is C14H26N2O. The van der Waals surface area contributed by atoms with E-state index in [1.54, 1.807) is 0 Å². The highest BCUT2D eigenvalue weighted by molar-refractivity contribution is 5.78. The summed E-state index contributed by atoms with van der Waals surface area (Å²) in [6.45, 7) is 2.85. The lowest BCUT2D eigenvalue weighted by atomic mass is 9.97. The number of likely N-dealkylation sites (N-methyl/N-ethyl adjacent to an activating group) is 1. The molecule has 2 saturated carbocycles. The zero-order valence-corrected chi connectivity index (χ0v) is 11.2. The fourth-order valence-corrected chi connectivity index (χ4v) is 2.80. The van der Waals surface area contributed by atoms with E-state index in [0.29, 0.717) is 18.6 Å². The minimum atomic E-state index is 0.268. The molecule has 0 aromatic carbocycles. The summed E-state index contributed by atoms with van der Waals surface area (Å²) in [5, 5.41) is 3.48. The smallest absolute Gasteiger partial charge is 0.236 e. The Morgan fingerprint density at radius 3 is 2.59 bits per heavy atom. The third kappa shape index (κ3) is 3.70. The molecular weight excluding hydrogens is 212 g/mol. The first-order valence-electron chi connectivity index (χ1n) is 7.17. The largest absolute Gasteiger partial charge is 0.342 e. The maximum Gasteiger partial charge on any atom is 0.236 e. The molecule has 0 aromatic heterocycles. The normalized spacial score (nSPS) is 29.8. The number of nitrogens with one attached hydrogen (secondary N) is 1. The van der Waals surface area contributed by atoms with E-state index in [9.17, 15) is 4.79 Å². The monoisotopic (exact) mass is 238 g/mol. The quantitative estimate of drug-likeness (QED) is 0.761. The molecule has 2 atom stereocenters. The zero-order valence-electron chi connectivity index (χ0n) is 11.2. The first kappa shape index (κ1) is 12.9. The molecule has 0 spiro atoms. The van der Waals surface area contributed by atoms with E-state index in [1.165, 1.54) is 44.9 Å². The second-order valence-electron chi connectivity index (χ2n) is 5.84. The Bertz CT molecular complexity index is 263. The second kappa shape index (κ2) is 5.85. The van der Waals surface area contributed by atoms with Gasteiger partial charge in [-0.1, -0.05) is 26.2 Å². The maximum atomic E-state index is 11.9. The number of nitrogens with zero attached hydrogens (tertiary/aromatic N) is 1. The van der Waals surface area contributed by atoms with E-state index in [0.717, 1.165) is 5.92 Å². The number of hydrogen-bond acceptors (Lipinski definition) is 2. The summed E-state index contributed by atoms with van der Waals surface area (Å²) in [5.74, 6) is 0.987. The van der Waals surface area contributed by atoms with Gasteiger partial charge in [0.1, 0.15) is 0 Å².